The van der Waals surface area contributed by atoms with E-state index >= 15 is 4.39 Å². The second-order valence-corrected chi connectivity index (χ2v) is 15.0. The molecule has 0 amide bonds. The quantitative estimate of drug-likeness (QED) is 0.0901. The Morgan fingerprint density at radius 2 is 2.11 bits per heavy atom. The predicted octanol–water partition coefficient (Wildman–Crippen LogP) is -0.325. The van der Waals surface area contributed by atoms with Crippen molar-refractivity contribution in [3.05, 3.63) is 35.0 Å². The molecule has 18 nitrogen and oxygen atoms in total. The normalized spacial score (nSPS) is 29.7. The number of terminal acetylenes is 1. The zero-order chi connectivity index (χ0) is 33.9. The van der Waals surface area contributed by atoms with Gasteiger partial charge in [0.1, 0.15) is 30.6 Å². The minimum absolute atomic E-state index is 0.0623. The lowest BCUT2D eigenvalue weighted by Gasteiger charge is -2.36. The van der Waals surface area contributed by atoms with E-state index in [1.807, 2.05) is 0 Å². The number of nitrogens with one attached hydrogen (secondary N) is 1. The summed E-state index contributed by atoms with van der Waals surface area (Å²) in [6.45, 7) is -6.83. The highest BCUT2D eigenvalue weighted by atomic mass is 32.5. The van der Waals surface area contributed by atoms with E-state index in [2.05, 4.69) is 30.8 Å². The summed E-state index contributed by atoms with van der Waals surface area (Å²) in [5.74, 6) is 1.17. The minimum Gasteiger partial charge on any atom is -0.394 e. The van der Waals surface area contributed by atoms with Crippen LogP contribution in [0.2, 0.25) is 0 Å². The molecular formula is C23H25F2N9O9P2S2. The van der Waals surface area contributed by atoms with Crippen LogP contribution in [0.1, 0.15) is 12.6 Å². The number of nitrogen functional groups attached to an aromatic ring is 2. The molecule has 2 saturated heterocycles. The van der Waals surface area contributed by atoms with Crippen LogP contribution in [0.5, 0.6) is 0 Å². The molecule has 0 saturated carbocycles. The first-order valence-corrected chi connectivity index (χ1v) is 18.4. The van der Waals surface area contributed by atoms with Crippen molar-refractivity contribution in [2.45, 2.75) is 42.4 Å². The number of fused-ring (bicyclic) bond motifs is 2. The van der Waals surface area contributed by atoms with Crippen LogP contribution in [-0.4, -0.2) is 92.7 Å². The van der Waals surface area contributed by atoms with Gasteiger partial charge in [-0.2, -0.15) is 4.98 Å². The van der Waals surface area contributed by atoms with Gasteiger partial charge in [-0.25, -0.2) is 23.7 Å². The van der Waals surface area contributed by atoms with Gasteiger partial charge in [0, 0.05) is 12.6 Å². The molecule has 6 heterocycles. The van der Waals surface area contributed by atoms with Gasteiger partial charge in [-0.3, -0.25) is 18.9 Å². The molecule has 2 fully saturated rings. The average Bonchev–Trinajstić information content (AvgIpc) is 3.76. The van der Waals surface area contributed by atoms with Crippen LogP contribution in [0.25, 0.3) is 22.2 Å². The van der Waals surface area contributed by atoms with Gasteiger partial charge < -0.3 is 49.4 Å². The molecule has 4 aromatic heterocycles. The molecule has 0 spiro atoms. The third-order valence-electron chi connectivity index (χ3n) is 7.66. The number of aromatic amines is 1. The molecule has 8 N–H and O–H groups in total. The lowest BCUT2D eigenvalue weighted by Crippen LogP contribution is -2.47. The number of ether oxygens (including phenoxy) is 2. The first kappa shape index (κ1) is 33.9. The van der Waals surface area contributed by atoms with Crippen molar-refractivity contribution in [1.29, 1.82) is 0 Å². The SMILES string of the molecule is C#C[C@]1(COP(O)(=S)O[C@]2(n3cnc4c(=O)[nH]c(N)nc43)CO[C@H](CO)[C@H]2F)O[C@@H](n2cc(F)c3c(N)ncnc32)C[C@@H]1O[PH](O)=S. The van der Waals surface area contributed by atoms with Crippen LogP contribution in [-0.2, 0) is 52.4 Å². The van der Waals surface area contributed by atoms with Gasteiger partial charge in [-0.15, -0.1) is 6.42 Å². The van der Waals surface area contributed by atoms with Crippen molar-refractivity contribution < 1.29 is 46.7 Å². The molecule has 8 atom stereocenters. The Hall–Kier alpha value is -3.03. The lowest BCUT2D eigenvalue weighted by molar-refractivity contribution is -0.0956. The maximum Gasteiger partial charge on any atom is 0.327 e. The summed E-state index contributed by atoms with van der Waals surface area (Å²) in [4.78, 5) is 51.8. The maximum absolute atomic E-state index is 16.1. The van der Waals surface area contributed by atoms with Crippen LogP contribution in [0, 0.1) is 18.2 Å². The fraction of sp³-hybridized carbons (Fsp3) is 0.435. The molecule has 252 valence electrons. The van der Waals surface area contributed by atoms with Crippen molar-refractivity contribution in [2.24, 2.45) is 0 Å². The Labute approximate surface area is 272 Å². The molecule has 0 radical (unpaired) electrons. The third-order valence-corrected chi connectivity index (χ3v) is 9.98. The van der Waals surface area contributed by atoms with Gasteiger partial charge in [0.15, 0.2) is 41.6 Å². The van der Waals surface area contributed by atoms with Gasteiger partial charge in [-0.1, -0.05) is 5.92 Å². The first-order chi connectivity index (χ1) is 22.2. The summed E-state index contributed by atoms with van der Waals surface area (Å²) in [7, 11) is -2.83. The third kappa shape index (κ3) is 5.86. The van der Waals surface area contributed by atoms with Crippen LogP contribution < -0.4 is 17.0 Å². The number of anilines is 2. The predicted molar refractivity (Wildman–Crippen MR) is 167 cm³/mol. The highest BCUT2D eigenvalue weighted by Gasteiger charge is 2.58. The number of rotatable bonds is 10. The van der Waals surface area contributed by atoms with E-state index in [1.165, 1.54) is 4.57 Å². The van der Waals surface area contributed by atoms with Gasteiger partial charge >= 0.3 is 6.72 Å². The Balaban J connectivity index is 1.33. The number of aliphatic hydroxyl groups is 1. The number of H-pyrrole nitrogens is 1. The minimum atomic E-state index is -4.60. The Bertz CT molecular complexity index is 2050. The van der Waals surface area contributed by atoms with Gasteiger partial charge in [0.2, 0.25) is 11.7 Å². The number of halogens is 2. The van der Waals surface area contributed by atoms with E-state index in [0.29, 0.717) is 0 Å². The van der Waals surface area contributed by atoms with E-state index in [-0.39, 0.29) is 40.4 Å². The zero-order valence-corrected chi connectivity index (χ0v) is 27.1. The Morgan fingerprint density at radius 1 is 1.34 bits per heavy atom. The molecule has 4 aromatic rings. The fourth-order valence-electron chi connectivity index (χ4n) is 5.51. The molecular weight excluding hydrogens is 710 g/mol. The number of hydrogen-bond donors (Lipinski definition) is 6. The van der Waals surface area contributed by atoms with E-state index in [1.54, 1.807) is 0 Å². The molecule has 6 rings (SSSR count). The molecule has 2 aliphatic heterocycles. The first-order valence-electron chi connectivity index (χ1n) is 13.3. The smallest absolute Gasteiger partial charge is 0.327 e. The van der Waals surface area contributed by atoms with Crippen LogP contribution in [0.15, 0.2) is 23.6 Å². The number of imidazole rings is 1. The number of aromatic nitrogens is 7. The highest BCUT2D eigenvalue weighted by Crippen LogP contribution is 2.55. The molecule has 24 heteroatoms. The number of nitrogens with two attached hydrogens (primary N) is 2. The van der Waals surface area contributed by atoms with Crippen molar-refractivity contribution in [2.75, 3.05) is 31.3 Å². The highest BCUT2D eigenvalue weighted by molar-refractivity contribution is 8.07. The number of alkyl halides is 1. The summed E-state index contributed by atoms with van der Waals surface area (Å²) in [6, 6.07) is 0. The zero-order valence-electron chi connectivity index (χ0n) is 23.6. The molecule has 2 unspecified atom stereocenters. The summed E-state index contributed by atoms with van der Waals surface area (Å²) in [5.41, 5.74) is 6.02. The van der Waals surface area contributed by atoms with Crippen LogP contribution >= 0.6 is 13.9 Å². The second-order valence-electron chi connectivity index (χ2n) is 10.4. The van der Waals surface area contributed by atoms with Crippen LogP contribution in [0.3, 0.4) is 0 Å². The summed E-state index contributed by atoms with van der Waals surface area (Å²) < 4.78 is 61.6. The number of nitrogens with zero attached hydrogens (tertiary/aromatic N) is 6. The van der Waals surface area contributed by atoms with E-state index in [0.717, 1.165) is 23.4 Å². The monoisotopic (exact) mass is 735 g/mol. The van der Waals surface area contributed by atoms with Gasteiger partial charge in [0.05, 0.1) is 31.5 Å². The summed E-state index contributed by atoms with van der Waals surface area (Å²) in [5, 5.41) is 9.64. The molecule has 47 heavy (non-hydrogen) atoms. The maximum atomic E-state index is 16.1. The van der Waals surface area contributed by atoms with Crippen molar-refractivity contribution in [1.82, 2.24) is 34.1 Å². The van der Waals surface area contributed by atoms with Gasteiger partial charge in [0.25, 0.3) is 5.56 Å². The summed E-state index contributed by atoms with van der Waals surface area (Å²) >= 11 is 10.1. The van der Waals surface area contributed by atoms with Crippen molar-refractivity contribution >= 4 is 71.4 Å². The summed E-state index contributed by atoms with van der Waals surface area (Å²) in [6.07, 6.45) is 2.98. The van der Waals surface area contributed by atoms with E-state index in [9.17, 15) is 24.1 Å². The topological polar surface area (TPSA) is 253 Å². The van der Waals surface area contributed by atoms with Crippen molar-refractivity contribution in [3.63, 3.8) is 0 Å². The van der Waals surface area contributed by atoms with Crippen LogP contribution in [0.4, 0.5) is 20.5 Å². The molecule has 0 aliphatic carbocycles. The second kappa shape index (κ2) is 12.5. The fourth-order valence-corrected chi connectivity index (χ4v) is 7.98. The van der Waals surface area contributed by atoms with Gasteiger partial charge in [-0.05, 0) is 23.6 Å². The Kier molecular flexibility index (Phi) is 8.97. The lowest BCUT2D eigenvalue weighted by atomic mass is 9.99. The molecule has 0 aromatic carbocycles. The van der Waals surface area contributed by atoms with E-state index < -0.39 is 81.0 Å². The standard InChI is InChI=1S/C23H25F2N9O9P2S2/c1-2-22(12(42-44(37)46)3-13(41-22)33-4-10(24)14-17(26)28-8-29-18(14)33)6-40-45(38,47)43-23(7-39-11(5-35)16(23)25)34-9-30-15-19(34)31-21(27)32-20(15)36/h1,4,8-9,11-13,16,35,44H,3,5-7H2,(H,37,46)(H,38,47)(H2,26,28,29)(H3,27,31,32,36)/t11-,12+,13-,16-,22-,23-,45?/m1/s1. The Morgan fingerprint density at radius 3 is 2.79 bits per heavy atom. The van der Waals surface area contributed by atoms with Crippen molar-refractivity contribution in [3.8, 4) is 12.3 Å². The number of aliphatic hydroxyl groups excluding tert-OH is 1. The largest absolute Gasteiger partial charge is 0.394 e. The average molecular weight is 736 g/mol. The van der Waals surface area contributed by atoms with E-state index in [4.69, 9.17) is 64.5 Å². The molecule has 2 aliphatic rings. The molecule has 0 bridgehead atoms. The number of hydrogen-bond acceptors (Lipinski definition) is 15.